The summed E-state index contributed by atoms with van der Waals surface area (Å²) in [6, 6.07) is 0.200. The van der Waals surface area contributed by atoms with Gasteiger partial charge in [-0.3, -0.25) is 4.79 Å². The highest BCUT2D eigenvalue weighted by atomic mass is 79.9. The molecule has 1 aromatic rings. The van der Waals surface area contributed by atoms with Crippen LogP contribution < -0.4 is 0 Å². The Morgan fingerprint density at radius 1 is 1.28 bits per heavy atom. The molecule has 18 heavy (non-hydrogen) atoms. The predicted molar refractivity (Wildman–Crippen MR) is 77.5 cm³/mol. The molecule has 0 bridgehead atoms. The van der Waals surface area contributed by atoms with Gasteiger partial charge in [0.1, 0.15) is 11.5 Å². The van der Waals surface area contributed by atoms with Crippen LogP contribution in [0.15, 0.2) is 4.42 Å². The molecule has 0 aliphatic rings. The molecule has 3 nitrogen and oxygen atoms in total. The number of hydrogen-bond acceptors (Lipinski definition) is 2. The Hall–Kier alpha value is -0.770. The molecule has 0 radical (unpaired) electrons. The molecule has 0 aliphatic carbocycles. The number of rotatable bonds is 5. The Morgan fingerprint density at radius 3 is 2.28 bits per heavy atom. The first-order chi connectivity index (χ1) is 8.40. The Labute approximate surface area is 118 Å². The highest BCUT2D eigenvalue weighted by Crippen LogP contribution is 2.23. The molecule has 0 fully saturated rings. The van der Waals surface area contributed by atoms with Crippen molar-refractivity contribution in [3.05, 3.63) is 22.6 Å². The third kappa shape index (κ3) is 3.16. The summed E-state index contributed by atoms with van der Waals surface area (Å²) in [6.07, 6.45) is 0.957. The van der Waals surface area contributed by atoms with E-state index >= 15 is 0 Å². The molecule has 0 spiro atoms. The molecule has 102 valence electrons. The van der Waals surface area contributed by atoms with Crippen LogP contribution in [-0.4, -0.2) is 28.7 Å². The molecule has 0 aromatic carbocycles. The van der Waals surface area contributed by atoms with Crippen LogP contribution in [0.2, 0.25) is 0 Å². The lowest BCUT2D eigenvalue weighted by Gasteiger charge is -2.26. The van der Waals surface area contributed by atoms with E-state index in [1.807, 2.05) is 39.5 Å². The third-order valence-electron chi connectivity index (χ3n) is 3.19. The fourth-order valence-electron chi connectivity index (χ4n) is 2.08. The van der Waals surface area contributed by atoms with Gasteiger partial charge in [-0.2, -0.15) is 0 Å². The molecule has 1 amide bonds. The van der Waals surface area contributed by atoms with Crippen LogP contribution in [0, 0.1) is 20.8 Å². The topological polar surface area (TPSA) is 33.5 Å². The second-order valence-corrected chi connectivity index (χ2v) is 5.64. The van der Waals surface area contributed by atoms with Gasteiger partial charge in [0, 0.05) is 23.5 Å². The van der Waals surface area contributed by atoms with E-state index < -0.39 is 0 Å². The fraction of sp³-hybridized carbons (Fsp3) is 0.643. The third-order valence-corrected chi connectivity index (χ3v) is 3.75. The van der Waals surface area contributed by atoms with E-state index in [4.69, 9.17) is 4.42 Å². The van der Waals surface area contributed by atoms with Crippen LogP contribution in [0.4, 0.5) is 0 Å². The first kappa shape index (κ1) is 15.3. The number of carbonyl (C=O) groups is 1. The van der Waals surface area contributed by atoms with Crippen molar-refractivity contribution in [2.24, 2.45) is 0 Å². The molecule has 0 N–H and O–H groups in total. The maximum absolute atomic E-state index is 12.6. The minimum absolute atomic E-state index is 0.0813. The highest BCUT2D eigenvalue weighted by molar-refractivity contribution is 9.09. The van der Waals surface area contributed by atoms with Gasteiger partial charge < -0.3 is 9.32 Å². The molecule has 0 saturated carbocycles. The monoisotopic (exact) mass is 315 g/mol. The number of halogens is 1. The van der Waals surface area contributed by atoms with Crippen molar-refractivity contribution in [3.8, 4) is 0 Å². The second-order valence-electron chi connectivity index (χ2n) is 4.85. The highest BCUT2D eigenvalue weighted by Gasteiger charge is 2.25. The van der Waals surface area contributed by atoms with Gasteiger partial charge in [0.2, 0.25) is 0 Å². The molecule has 0 saturated heterocycles. The maximum Gasteiger partial charge on any atom is 0.257 e. The summed E-state index contributed by atoms with van der Waals surface area (Å²) in [5.41, 5.74) is 1.69. The smallest absolute Gasteiger partial charge is 0.257 e. The Balaban J connectivity index is 3.02. The van der Waals surface area contributed by atoms with E-state index in [9.17, 15) is 4.79 Å². The average molecular weight is 316 g/mol. The summed E-state index contributed by atoms with van der Waals surface area (Å²) in [4.78, 5) is 14.5. The SMILES string of the molecule is Cc1oc(C)c(C(=O)N(CCCBr)C(C)C)c1C. The van der Waals surface area contributed by atoms with Crippen LogP contribution in [0.25, 0.3) is 0 Å². The van der Waals surface area contributed by atoms with Gasteiger partial charge in [-0.1, -0.05) is 15.9 Å². The van der Waals surface area contributed by atoms with Crippen molar-refractivity contribution in [2.45, 2.75) is 47.1 Å². The number of amides is 1. The van der Waals surface area contributed by atoms with Gasteiger partial charge in [0.25, 0.3) is 5.91 Å². The fourth-order valence-corrected chi connectivity index (χ4v) is 2.33. The Kier molecular flexibility index (Phi) is 5.45. The molecular formula is C14H22BrNO2. The molecule has 0 unspecified atom stereocenters. The summed E-state index contributed by atoms with van der Waals surface area (Å²) >= 11 is 3.41. The summed E-state index contributed by atoms with van der Waals surface area (Å²) in [5.74, 6) is 1.64. The number of hydrogen-bond donors (Lipinski definition) is 0. The minimum atomic E-state index is 0.0813. The lowest BCUT2D eigenvalue weighted by molar-refractivity contribution is 0.0704. The van der Waals surface area contributed by atoms with Crippen molar-refractivity contribution >= 4 is 21.8 Å². The van der Waals surface area contributed by atoms with Crippen molar-refractivity contribution in [1.82, 2.24) is 4.90 Å². The van der Waals surface area contributed by atoms with Crippen LogP contribution in [0.3, 0.4) is 0 Å². The number of carbonyl (C=O) groups excluding carboxylic acids is 1. The van der Waals surface area contributed by atoms with E-state index in [1.54, 1.807) is 0 Å². The summed E-state index contributed by atoms with van der Waals surface area (Å²) in [6.45, 7) is 10.6. The van der Waals surface area contributed by atoms with E-state index in [-0.39, 0.29) is 11.9 Å². The molecule has 1 aromatic heterocycles. The lowest BCUT2D eigenvalue weighted by Crippen LogP contribution is -2.38. The Morgan fingerprint density at radius 2 is 1.89 bits per heavy atom. The number of nitrogens with zero attached hydrogens (tertiary/aromatic N) is 1. The number of aryl methyl sites for hydroxylation is 2. The van der Waals surface area contributed by atoms with E-state index in [0.29, 0.717) is 0 Å². The molecule has 1 heterocycles. The molecule has 0 aliphatic heterocycles. The van der Waals surface area contributed by atoms with Gasteiger partial charge in [0.15, 0.2) is 0 Å². The van der Waals surface area contributed by atoms with E-state index in [1.165, 1.54) is 0 Å². The zero-order chi connectivity index (χ0) is 13.9. The van der Waals surface area contributed by atoms with E-state index in [0.717, 1.165) is 40.9 Å². The van der Waals surface area contributed by atoms with Gasteiger partial charge in [-0.05, 0) is 41.0 Å². The number of furan rings is 1. The van der Waals surface area contributed by atoms with Crippen LogP contribution in [0.1, 0.15) is 47.7 Å². The van der Waals surface area contributed by atoms with Crippen molar-refractivity contribution in [1.29, 1.82) is 0 Å². The van der Waals surface area contributed by atoms with Crippen molar-refractivity contribution < 1.29 is 9.21 Å². The zero-order valence-corrected chi connectivity index (χ0v) is 13.4. The second kappa shape index (κ2) is 6.41. The zero-order valence-electron chi connectivity index (χ0n) is 11.8. The van der Waals surface area contributed by atoms with Crippen LogP contribution in [-0.2, 0) is 0 Å². The molecule has 4 heteroatoms. The minimum Gasteiger partial charge on any atom is -0.466 e. The Bertz CT molecular complexity index is 424. The first-order valence-electron chi connectivity index (χ1n) is 6.33. The van der Waals surface area contributed by atoms with Crippen molar-refractivity contribution in [3.63, 3.8) is 0 Å². The summed E-state index contributed by atoms with van der Waals surface area (Å²) in [7, 11) is 0. The van der Waals surface area contributed by atoms with Crippen LogP contribution >= 0.6 is 15.9 Å². The lowest BCUT2D eigenvalue weighted by atomic mass is 10.1. The normalized spacial score (nSPS) is 11.1. The van der Waals surface area contributed by atoms with Crippen LogP contribution in [0.5, 0.6) is 0 Å². The molecule has 0 atom stereocenters. The molecule has 1 rings (SSSR count). The predicted octanol–water partition coefficient (Wildman–Crippen LogP) is 3.84. The maximum atomic E-state index is 12.6. The van der Waals surface area contributed by atoms with Gasteiger partial charge in [-0.15, -0.1) is 0 Å². The quantitative estimate of drug-likeness (QED) is 0.773. The largest absolute Gasteiger partial charge is 0.466 e. The van der Waals surface area contributed by atoms with Gasteiger partial charge in [-0.25, -0.2) is 0 Å². The average Bonchev–Trinajstić information content (AvgIpc) is 2.53. The summed E-state index contributed by atoms with van der Waals surface area (Å²) in [5, 5.41) is 0.909. The molecular weight excluding hydrogens is 294 g/mol. The van der Waals surface area contributed by atoms with E-state index in [2.05, 4.69) is 15.9 Å². The summed E-state index contributed by atoms with van der Waals surface area (Å²) < 4.78 is 5.54. The van der Waals surface area contributed by atoms with Gasteiger partial charge in [0.05, 0.1) is 5.56 Å². The van der Waals surface area contributed by atoms with Gasteiger partial charge >= 0.3 is 0 Å². The first-order valence-corrected chi connectivity index (χ1v) is 7.45. The standard InChI is InChI=1S/C14H22BrNO2/c1-9(2)16(8-6-7-15)14(17)13-10(3)11(4)18-12(13)5/h9H,6-8H2,1-5H3. The van der Waals surface area contributed by atoms with Crippen molar-refractivity contribution in [2.75, 3.05) is 11.9 Å². The number of alkyl halides is 1.